The predicted molar refractivity (Wildman–Crippen MR) is 97.6 cm³/mol. The number of hydrogen-bond donors (Lipinski definition) is 1. The summed E-state index contributed by atoms with van der Waals surface area (Å²) in [6.07, 6.45) is 1.93. The summed E-state index contributed by atoms with van der Waals surface area (Å²) in [5, 5.41) is 2.82. The fourth-order valence-corrected chi connectivity index (χ4v) is 2.84. The number of carbonyl (C=O) groups is 2. The Morgan fingerprint density at radius 2 is 2.04 bits per heavy atom. The second-order valence-electron chi connectivity index (χ2n) is 5.45. The molecule has 0 spiro atoms. The number of aromatic nitrogens is 1. The zero-order valence-electron chi connectivity index (χ0n) is 13.8. The van der Waals surface area contributed by atoms with Crippen molar-refractivity contribution in [3.63, 3.8) is 0 Å². The average Bonchev–Trinajstić information content (AvgIpc) is 2.55. The maximum Gasteiger partial charge on any atom is 0.223 e. The quantitative estimate of drug-likeness (QED) is 0.824. The normalized spacial score (nSPS) is 10.3. The summed E-state index contributed by atoms with van der Waals surface area (Å²) in [6, 6.07) is 11.3. The van der Waals surface area contributed by atoms with Gasteiger partial charge in [-0.1, -0.05) is 22.0 Å². The molecule has 2 amide bonds. The number of hydrogen-bond acceptors (Lipinski definition) is 3. The lowest BCUT2D eigenvalue weighted by Crippen LogP contribution is -2.34. The first-order valence-corrected chi connectivity index (χ1v) is 8.47. The first kappa shape index (κ1) is 18.1. The van der Waals surface area contributed by atoms with Crippen LogP contribution in [0.1, 0.15) is 24.6 Å². The van der Waals surface area contributed by atoms with E-state index in [1.165, 1.54) is 6.92 Å². The third kappa shape index (κ3) is 5.16. The van der Waals surface area contributed by atoms with Crippen LogP contribution in [-0.2, 0) is 16.1 Å². The van der Waals surface area contributed by atoms with Gasteiger partial charge in [0.25, 0.3) is 0 Å². The van der Waals surface area contributed by atoms with Gasteiger partial charge in [0.1, 0.15) is 0 Å². The molecule has 0 atom stereocenters. The standard InChI is InChI=1S/C18H20BrN3O2/c1-13-11-15(19)6-7-17(13)22(14(2)23)10-8-18(24)21-12-16-5-3-4-9-20-16/h3-7,9,11H,8,10,12H2,1-2H3,(H,21,24). The lowest BCUT2D eigenvalue weighted by molar-refractivity contribution is -0.121. The Morgan fingerprint density at radius 3 is 2.67 bits per heavy atom. The van der Waals surface area contributed by atoms with E-state index >= 15 is 0 Å². The highest BCUT2D eigenvalue weighted by Gasteiger charge is 2.15. The maximum atomic E-state index is 12.0. The number of rotatable bonds is 6. The Balaban J connectivity index is 1.94. The minimum absolute atomic E-state index is 0.0852. The van der Waals surface area contributed by atoms with Crippen LogP contribution in [-0.4, -0.2) is 23.3 Å². The Labute approximate surface area is 150 Å². The van der Waals surface area contributed by atoms with E-state index in [1.807, 2.05) is 43.3 Å². The third-order valence-corrected chi connectivity index (χ3v) is 4.08. The molecule has 126 valence electrons. The van der Waals surface area contributed by atoms with Crippen LogP contribution < -0.4 is 10.2 Å². The van der Waals surface area contributed by atoms with E-state index in [-0.39, 0.29) is 18.2 Å². The predicted octanol–water partition coefficient (Wildman–Crippen LogP) is 3.21. The van der Waals surface area contributed by atoms with Crippen LogP contribution in [0.4, 0.5) is 5.69 Å². The number of nitrogens with one attached hydrogen (secondary N) is 1. The van der Waals surface area contributed by atoms with Gasteiger partial charge in [-0.3, -0.25) is 14.6 Å². The van der Waals surface area contributed by atoms with Gasteiger partial charge >= 0.3 is 0 Å². The van der Waals surface area contributed by atoms with Crippen LogP contribution in [0.15, 0.2) is 47.1 Å². The van der Waals surface area contributed by atoms with Gasteiger partial charge in [-0.25, -0.2) is 0 Å². The number of halogens is 1. The van der Waals surface area contributed by atoms with Crippen molar-refractivity contribution in [2.45, 2.75) is 26.8 Å². The molecule has 0 aliphatic rings. The van der Waals surface area contributed by atoms with E-state index in [0.29, 0.717) is 13.1 Å². The van der Waals surface area contributed by atoms with Gasteiger partial charge in [0.2, 0.25) is 11.8 Å². The molecule has 0 bridgehead atoms. The number of anilines is 1. The molecule has 0 saturated heterocycles. The summed E-state index contributed by atoms with van der Waals surface area (Å²) in [5.41, 5.74) is 2.61. The van der Waals surface area contributed by atoms with Crippen molar-refractivity contribution < 1.29 is 9.59 Å². The Morgan fingerprint density at radius 1 is 1.25 bits per heavy atom. The van der Waals surface area contributed by atoms with Crippen molar-refractivity contribution in [2.24, 2.45) is 0 Å². The molecule has 0 saturated carbocycles. The summed E-state index contributed by atoms with van der Waals surface area (Å²) >= 11 is 3.41. The first-order chi connectivity index (χ1) is 11.5. The molecular formula is C18H20BrN3O2. The highest BCUT2D eigenvalue weighted by atomic mass is 79.9. The van der Waals surface area contributed by atoms with Crippen LogP contribution in [0.2, 0.25) is 0 Å². The molecule has 0 aliphatic carbocycles. The van der Waals surface area contributed by atoms with Gasteiger partial charge in [-0.15, -0.1) is 0 Å². The number of carbonyl (C=O) groups excluding carboxylic acids is 2. The summed E-state index contributed by atoms with van der Waals surface area (Å²) in [6.45, 7) is 4.17. The number of nitrogens with zero attached hydrogens (tertiary/aromatic N) is 2. The minimum atomic E-state index is -0.110. The number of amides is 2. The summed E-state index contributed by atoms with van der Waals surface area (Å²) < 4.78 is 0.959. The van der Waals surface area contributed by atoms with Gasteiger partial charge in [-0.2, -0.15) is 0 Å². The van der Waals surface area contributed by atoms with Gasteiger partial charge < -0.3 is 10.2 Å². The summed E-state index contributed by atoms with van der Waals surface area (Å²) in [7, 11) is 0. The molecule has 0 fully saturated rings. The zero-order valence-corrected chi connectivity index (χ0v) is 15.3. The second-order valence-corrected chi connectivity index (χ2v) is 6.36. The third-order valence-electron chi connectivity index (χ3n) is 3.59. The van der Waals surface area contributed by atoms with E-state index in [9.17, 15) is 9.59 Å². The maximum absolute atomic E-state index is 12.0. The fraction of sp³-hybridized carbons (Fsp3) is 0.278. The smallest absolute Gasteiger partial charge is 0.223 e. The van der Waals surface area contributed by atoms with E-state index in [0.717, 1.165) is 21.4 Å². The van der Waals surface area contributed by atoms with Gasteiger partial charge in [-0.05, 0) is 42.8 Å². The van der Waals surface area contributed by atoms with E-state index in [2.05, 4.69) is 26.2 Å². The molecular weight excluding hydrogens is 370 g/mol. The van der Waals surface area contributed by atoms with Crippen molar-refractivity contribution in [3.05, 3.63) is 58.3 Å². The highest BCUT2D eigenvalue weighted by molar-refractivity contribution is 9.10. The lowest BCUT2D eigenvalue weighted by atomic mass is 10.1. The van der Waals surface area contributed by atoms with Gasteiger partial charge in [0, 0.05) is 36.2 Å². The van der Waals surface area contributed by atoms with E-state index < -0.39 is 0 Å². The Kier molecular flexibility index (Phi) is 6.49. The number of aryl methyl sites for hydroxylation is 1. The van der Waals surface area contributed by atoms with Crippen molar-refractivity contribution in [2.75, 3.05) is 11.4 Å². The fourth-order valence-electron chi connectivity index (χ4n) is 2.36. The monoisotopic (exact) mass is 389 g/mol. The van der Waals surface area contributed by atoms with Crippen LogP contribution in [0.5, 0.6) is 0 Å². The molecule has 1 heterocycles. The zero-order chi connectivity index (χ0) is 17.5. The summed E-state index contributed by atoms with van der Waals surface area (Å²) in [5.74, 6) is -0.195. The second kappa shape index (κ2) is 8.59. The van der Waals surface area contributed by atoms with E-state index in [4.69, 9.17) is 0 Å². The van der Waals surface area contributed by atoms with Crippen LogP contribution in [0.25, 0.3) is 0 Å². The number of benzene rings is 1. The van der Waals surface area contributed by atoms with E-state index in [1.54, 1.807) is 11.1 Å². The highest BCUT2D eigenvalue weighted by Crippen LogP contribution is 2.24. The van der Waals surface area contributed by atoms with Crippen molar-refractivity contribution in [1.82, 2.24) is 10.3 Å². The largest absolute Gasteiger partial charge is 0.350 e. The molecule has 1 N–H and O–H groups in total. The Hall–Kier alpha value is -2.21. The molecule has 2 rings (SSSR count). The Bertz CT molecular complexity index is 719. The SMILES string of the molecule is CC(=O)N(CCC(=O)NCc1ccccn1)c1ccc(Br)cc1C. The van der Waals surface area contributed by atoms with Gasteiger partial charge in [0.05, 0.1) is 12.2 Å². The molecule has 5 nitrogen and oxygen atoms in total. The van der Waals surface area contributed by atoms with Gasteiger partial charge in [0.15, 0.2) is 0 Å². The topological polar surface area (TPSA) is 62.3 Å². The average molecular weight is 390 g/mol. The van der Waals surface area contributed by atoms with Crippen LogP contribution >= 0.6 is 15.9 Å². The molecule has 1 aromatic heterocycles. The summed E-state index contributed by atoms with van der Waals surface area (Å²) in [4.78, 5) is 29.8. The van der Waals surface area contributed by atoms with Crippen LogP contribution in [0.3, 0.4) is 0 Å². The molecule has 0 unspecified atom stereocenters. The van der Waals surface area contributed by atoms with Crippen molar-refractivity contribution >= 4 is 33.4 Å². The van der Waals surface area contributed by atoms with Crippen molar-refractivity contribution in [3.8, 4) is 0 Å². The first-order valence-electron chi connectivity index (χ1n) is 7.68. The molecule has 2 aromatic rings. The molecule has 24 heavy (non-hydrogen) atoms. The van der Waals surface area contributed by atoms with Crippen LogP contribution in [0, 0.1) is 6.92 Å². The molecule has 0 radical (unpaired) electrons. The number of pyridine rings is 1. The lowest BCUT2D eigenvalue weighted by Gasteiger charge is -2.23. The van der Waals surface area contributed by atoms with Crippen molar-refractivity contribution in [1.29, 1.82) is 0 Å². The molecule has 6 heteroatoms. The minimum Gasteiger partial charge on any atom is -0.350 e. The molecule has 0 aliphatic heterocycles. The molecule has 1 aromatic carbocycles.